The summed E-state index contributed by atoms with van der Waals surface area (Å²) in [6.07, 6.45) is 4.69. The topological polar surface area (TPSA) is 9.72 Å². The van der Waals surface area contributed by atoms with E-state index in [1.807, 2.05) is 0 Å². The molecular formula is C30H48BN3Si. The van der Waals surface area contributed by atoms with Gasteiger partial charge in [0.2, 0.25) is 0 Å². The van der Waals surface area contributed by atoms with E-state index < -0.39 is 8.24 Å². The summed E-state index contributed by atoms with van der Waals surface area (Å²) >= 11 is 0. The summed E-state index contributed by atoms with van der Waals surface area (Å²) in [5.74, 6) is 1.83. The van der Waals surface area contributed by atoms with Gasteiger partial charge in [-0.3, -0.25) is 0 Å². The maximum atomic E-state index is 2.66. The van der Waals surface area contributed by atoms with Gasteiger partial charge < -0.3 is 14.1 Å². The van der Waals surface area contributed by atoms with Gasteiger partial charge >= 0.3 is 7.12 Å². The summed E-state index contributed by atoms with van der Waals surface area (Å²) in [4.78, 5) is 5.15. The Morgan fingerprint density at radius 2 is 0.886 bits per heavy atom. The van der Waals surface area contributed by atoms with E-state index in [1.54, 1.807) is 0 Å². The molecule has 0 fully saturated rings. The highest BCUT2D eigenvalue weighted by Crippen LogP contribution is 2.43. The third-order valence-corrected chi connectivity index (χ3v) is 9.84. The highest BCUT2D eigenvalue weighted by Gasteiger charge is 2.45. The van der Waals surface area contributed by atoms with Gasteiger partial charge in [-0.25, -0.2) is 0 Å². The van der Waals surface area contributed by atoms with E-state index in [2.05, 4.69) is 145 Å². The number of hydrogen-bond donors (Lipinski definition) is 0. The zero-order valence-corrected chi connectivity index (χ0v) is 25.3. The Balaban J connectivity index is 2.31. The predicted molar refractivity (Wildman–Crippen MR) is 160 cm³/mol. The van der Waals surface area contributed by atoms with E-state index in [1.165, 1.54) is 33.6 Å². The first-order valence-corrected chi connectivity index (χ1v) is 17.0. The molecular weight excluding hydrogens is 441 g/mol. The number of hydrogen-bond acceptors (Lipinski definition) is 3. The highest BCUT2D eigenvalue weighted by molar-refractivity contribution is 6.86. The average molecular weight is 490 g/mol. The van der Waals surface area contributed by atoms with Crippen molar-refractivity contribution in [1.82, 2.24) is 4.48 Å². The number of nitrogens with zero attached hydrogens (tertiary/aromatic N) is 3. The van der Waals surface area contributed by atoms with Crippen molar-refractivity contribution in [2.75, 3.05) is 16.7 Å². The molecule has 0 aromatic heterocycles. The maximum absolute atomic E-state index is 2.66. The Morgan fingerprint density at radius 3 is 1.11 bits per heavy atom. The highest BCUT2D eigenvalue weighted by atomic mass is 28.3. The smallest absolute Gasteiger partial charge is 0.356 e. The van der Waals surface area contributed by atoms with Gasteiger partial charge in [-0.15, -0.1) is 0 Å². The van der Waals surface area contributed by atoms with Crippen molar-refractivity contribution in [3.05, 3.63) is 71.1 Å². The number of para-hydroxylation sites is 2. The second-order valence-corrected chi connectivity index (χ2v) is 17.5. The third-order valence-electron chi connectivity index (χ3n) is 7.49. The van der Waals surface area contributed by atoms with E-state index in [4.69, 9.17) is 0 Å². The van der Waals surface area contributed by atoms with Gasteiger partial charge in [0, 0.05) is 23.8 Å². The van der Waals surface area contributed by atoms with Crippen LogP contribution in [0.3, 0.4) is 0 Å². The first-order valence-electron chi connectivity index (χ1n) is 13.5. The Kier molecular flexibility index (Phi) is 8.33. The van der Waals surface area contributed by atoms with Crippen molar-refractivity contribution in [3.63, 3.8) is 0 Å². The Hall–Kier alpha value is -1.98. The van der Waals surface area contributed by atoms with Gasteiger partial charge in [0.05, 0.1) is 0 Å². The van der Waals surface area contributed by atoms with Crippen molar-refractivity contribution in [2.24, 2.45) is 0 Å². The summed E-state index contributed by atoms with van der Waals surface area (Å²) in [5, 5.41) is 0. The van der Waals surface area contributed by atoms with Gasteiger partial charge in [-0.05, 0) is 53.0 Å². The molecule has 2 aromatic rings. The molecule has 0 spiro atoms. The largest absolute Gasteiger partial charge is 0.472 e. The molecule has 0 saturated carbocycles. The zero-order chi connectivity index (χ0) is 26.2. The summed E-state index contributed by atoms with van der Waals surface area (Å²) in [5.41, 5.74) is 8.49. The zero-order valence-electron chi connectivity index (χ0n) is 24.3. The molecule has 0 amide bonds. The fourth-order valence-electron chi connectivity index (χ4n) is 5.15. The van der Waals surface area contributed by atoms with Crippen LogP contribution in [0, 0.1) is 0 Å². The molecule has 1 aliphatic heterocycles. The van der Waals surface area contributed by atoms with E-state index in [-0.39, 0.29) is 7.12 Å². The van der Waals surface area contributed by atoms with Gasteiger partial charge in [-0.1, -0.05) is 111 Å². The third kappa shape index (κ3) is 5.41. The Labute approximate surface area is 217 Å². The number of rotatable bonds is 8. The molecule has 0 radical (unpaired) electrons. The molecule has 0 saturated heterocycles. The van der Waals surface area contributed by atoms with Gasteiger partial charge in [-0.2, -0.15) is 0 Å². The minimum Gasteiger partial charge on any atom is -0.356 e. The van der Waals surface area contributed by atoms with Crippen LogP contribution in [0.25, 0.3) is 0 Å². The monoisotopic (exact) mass is 489 g/mol. The number of anilines is 2. The van der Waals surface area contributed by atoms with Gasteiger partial charge in [0.15, 0.2) is 0 Å². The molecule has 2 aromatic carbocycles. The standard InChI is InChI=1S/C30H48BN3Si/c1-21(2)25-15-13-16-26(22(3)4)29(25)33-19-20-34(31(33)32(9)35(10,11)12)30-27(23(5)6)17-14-18-28(30)24(7)8/h13-24H,1-12H3. The normalized spacial score (nSPS) is 14.7. The molecule has 0 unspecified atom stereocenters. The van der Waals surface area contributed by atoms with Crippen LogP contribution in [-0.4, -0.2) is 26.9 Å². The van der Waals surface area contributed by atoms with E-state index in [9.17, 15) is 0 Å². The van der Waals surface area contributed by atoms with E-state index in [0.717, 1.165) is 0 Å². The summed E-state index contributed by atoms with van der Waals surface area (Å²) in [6, 6.07) is 13.8. The average Bonchev–Trinajstić information content (AvgIpc) is 3.20. The maximum Gasteiger partial charge on any atom is 0.472 e. The first-order chi connectivity index (χ1) is 16.3. The molecule has 5 heteroatoms. The molecule has 1 aliphatic rings. The SMILES string of the molecule is CC(C)c1cccc(C(C)C)c1N1C=CN(c2c(C(C)C)cccc2C(C)C)B1N(C)[Si](C)(C)C. The predicted octanol–water partition coefficient (Wildman–Crippen LogP) is 8.73. The molecule has 0 aliphatic carbocycles. The molecule has 0 N–H and O–H groups in total. The summed E-state index contributed by atoms with van der Waals surface area (Å²) in [7, 11) is 0.802. The Morgan fingerprint density at radius 1 is 0.600 bits per heavy atom. The Bertz CT molecular complexity index is 926. The van der Waals surface area contributed by atoms with Crippen LogP contribution in [0.15, 0.2) is 48.8 Å². The lowest BCUT2D eigenvalue weighted by atomic mass is 9.81. The minimum atomic E-state index is -1.64. The van der Waals surface area contributed by atoms with Crippen LogP contribution >= 0.6 is 0 Å². The lowest BCUT2D eigenvalue weighted by Crippen LogP contribution is -2.64. The van der Waals surface area contributed by atoms with Crippen molar-refractivity contribution < 1.29 is 0 Å². The summed E-state index contributed by atoms with van der Waals surface area (Å²) < 4.78 is 2.66. The lowest BCUT2D eigenvalue weighted by molar-refractivity contribution is 0.756. The number of benzene rings is 2. The van der Waals surface area contributed by atoms with Crippen LogP contribution in [-0.2, 0) is 0 Å². The van der Waals surface area contributed by atoms with Crippen LogP contribution in [0.1, 0.15) is 101 Å². The second-order valence-electron chi connectivity index (χ2n) is 12.4. The fourth-order valence-corrected chi connectivity index (χ4v) is 6.09. The van der Waals surface area contributed by atoms with Crippen LogP contribution in [0.4, 0.5) is 11.4 Å². The second kappa shape index (κ2) is 10.6. The minimum absolute atomic E-state index is 0.108. The first kappa shape index (κ1) is 27.6. The van der Waals surface area contributed by atoms with Crippen LogP contribution in [0.5, 0.6) is 0 Å². The van der Waals surface area contributed by atoms with Crippen LogP contribution < -0.4 is 9.62 Å². The van der Waals surface area contributed by atoms with Crippen molar-refractivity contribution in [3.8, 4) is 0 Å². The fraction of sp³-hybridized carbons (Fsp3) is 0.533. The van der Waals surface area contributed by atoms with E-state index in [0.29, 0.717) is 23.7 Å². The van der Waals surface area contributed by atoms with Crippen molar-refractivity contribution in [2.45, 2.75) is 98.7 Å². The molecule has 1 heterocycles. The molecule has 0 atom stereocenters. The molecule has 3 rings (SSSR count). The lowest BCUT2D eigenvalue weighted by Gasteiger charge is -2.43. The molecule has 0 bridgehead atoms. The molecule has 35 heavy (non-hydrogen) atoms. The van der Waals surface area contributed by atoms with Crippen molar-refractivity contribution >= 4 is 26.7 Å². The quantitative estimate of drug-likeness (QED) is 0.343. The van der Waals surface area contributed by atoms with Gasteiger partial charge in [0.25, 0.3) is 0 Å². The van der Waals surface area contributed by atoms with Crippen molar-refractivity contribution in [1.29, 1.82) is 0 Å². The van der Waals surface area contributed by atoms with Gasteiger partial charge in [0.1, 0.15) is 8.24 Å². The molecule has 3 nitrogen and oxygen atoms in total. The molecule has 190 valence electrons. The van der Waals surface area contributed by atoms with E-state index >= 15 is 0 Å². The summed E-state index contributed by atoms with van der Waals surface area (Å²) in [6.45, 7) is 25.9. The van der Waals surface area contributed by atoms with Crippen LogP contribution in [0.2, 0.25) is 19.6 Å².